The van der Waals surface area contributed by atoms with Gasteiger partial charge in [0.2, 0.25) is 5.43 Å². The maximum Gasteiger partial charge on any atom is 0.413 e. The quantitative estimate of drug-likeness (QED) is 0.565. The van der Waals surface area contributed by atoms with Gasteiger partial charge in [-0.15, -0.1) is 0 Å². The lowest BCUT2D eigenvalue weighted by Crippen LogP contribution is -2.27. The summed E-state index contributed by atoms with van der Waals surface area (Å²) >= 11 is 5.88. The van der Waals surface area contributed by atoms with Crippen LogP contribution in [0.1, 0.15) is 38.1 Å². The highest BCUT2D eigenvalue weighted by Crippen LogP contribution is 2.25. The molecular weight excluding hydrogens is 441 g/mol. The van der Waals surface area contributed by atoms with Crippen LogP contribution in [-0.2, 0) is 9.47 Å². The maximum atomic E-state index is 14.2. The number of carbonyl (C=O) groups is 2. The molecule has 0 unspecified atom stereocenters. The van der Waals surface area contributed by atoms with E-state index in [4.69, 9.17) is 21.1 Å². The molecule has 1 aromatic carbocycles. The number of rotatable bonds is 4. The number of hydrogen-bond acceptors (Lipinski definition) is 6. The minimum absolute atomic E-state index is 0.0282. The first-order chi connectivity index (χ1) is 15.0. The van der Waals surface area contributed by atoms with E-state index in [9.17, 15) is 18.8 Å². The first-order valence-electron chi connectivity index (χ1n) is 9.68. The van der Waals surface area contributed by atoms with Crippen LogP contribution in [0.2, 0.25) is 5.02 Å². The number of carbonyl (C=O) groups excluding carboxylic acids is 2. The fraction of sp³-hybridized carbons (Fsp3) is 0.273. The van der Waals surface area contributed by atoms with Crippen LogP contribution in [0.4, 0.5) is 15.0 Å². The molecule has 3 rings (SSSR count). The van der Waals surface area contributed by atoms with Crippen molar-refractivity contribution >= 4 is 40.4 Å². The maximum absolute atomic E-state index is 14.2. The van der Waals surface area contributed by atoms with Gasteiger partial charge in [-0.05, 0) is 39.8 Å². The van der Waals surface area contributed by atoms with Gasteiger partial charge in [0.1, 0.15) is 22.8 Å². The number of pyridine rings is 2. The van der Waals surface area contributed by atoms with Crippen LogP contribution in [0.25, 0.3) is 16.6 Å². The number of nitrogens with zero attached hydrogens (tertiary/aromatic N) is 2. The average Bonchev–Trinajstić information content (AvgIpc) is 2.68. The molecule has 168 valence electrons. The number of fused-ring (bicyclic) bond motifs is 1. The third kappa shape index (κ3) is 5.05. The molecule has 2 heterocycles. The number of esters is 1. The Hall–Kier alpha value is -3.46. The third-order valence-electron chi connectivity index (χ3n) is 4.19. The summed E-state index contributed by atoms with van der Waals surface area (Å²) in [6.07, 6.45) is 1.95. The van der Waals surface area contributed by atoms with Crippen molar-refractivity contribution < 1.29 is 23.5 Å². The highest BCUT2D eigenvalue weighted by Gasteiger charge is 2.20. The molecule has 0 spiro atoms. The average molecular weight is 462 g/mol. The smallest absolute Gasteiger partial charge is 0.413 e. The first-order valence-corrected chi connectivity index (χ1v) is 10.1. The van der Waals surface area contributed by atoms with Gasteiger partial charge in [-0.2, -0.15) is 0 Å². The van der Waals surface area contributed by atoms with E-state index in [-0.39, 0.29) is 33.9 Å². The lowest BCUT2D eigenvalue weighted by molar-refractivity contribution is 0.0523. The van der Waals surface area contributed by atoms with Crippen LogP contribution < -0.4 is 10.7 Å². The normalized spacial score (nSPS) is 11.3. The predicted octanol–water partition coefficient (Wildman–Crippen LogP) is 4.70. The second kappa shape index (κ2) is 8.96. The lowest BCUT2D eigenvalue weighted by atomic mass is 10.1. The van der Waals surface area contributed by atoms with Crippen molar-refractivity contribution in [2.45, 2.75) is 33.3 Å². The molecule has 0 aliphatic carbocycles. The van der Waals surface area contributed by atoms with Crippen LogP contribution in [-0.4, -0.2) is 33.8 Å². The zero-order valence-electron chi connectivity index (χ0n) is 17.9. The summed E-state index contributed by atoms with van der Waals surface area (Å²) in [4.78, 5) is 41.4. The van der Waals surface area contributed by atoms with Gasteiger partial charge in [-0.1, -0.05) is 11.6 Å². The third-order valence-corrected chi connectivity index (χ3v) is 4.48. The molecule has 0 fully saturated rings. The number of anilines is 1. The molecule has 10 heteroatoms. The van der Waals surface area contributed by atoms with E-state index >= 15 is 0 Å². The summed E-state index contributed by atoms with van der Waals surface area (Å²) < 4.78 is 25.9. The van der Waals surface area contributed by atoms with Gasteiger partial charge in [0, 0.05) is 29.9 Å². The summed E-state index contributed by atoms with van der Waals surface area (Å²) in [5, 5.41) is 2.28. The standard InChI is InChI=1S/C22H21ClFN3O5/c1-5-31-20(29)14-11-27(17-10-16(24)15(23)9-13(17)19(14)28)12-6-7-25-18(8-12)26-21(30)32-22(2,3)4/h6-11H,5H2,1-4H3,(H,25,26,30). The molecule has 8 nitrogen and oxygen atoms in total. The Morgan fingerprint density at radius 1 is 1.25 bits per heavy atom. The number of benzene rings is 1. The van der Waals surface area contributed by atoms with Crippen molar-refractivity contribution in [2.75, 3.05) is 11.9 Å². The second-order valence-electron chi connectivity index (χ2n) is 7.77. The zero-order chi connectivity index (χ0) is 23.6. The van der Waals surface area contributed by atoms with Gasteiger partial charge in [0.25, 0.3) is 0 Å². The summed E-state index contributed by atoms with van der Waals surface area (Å²) in [5.74, 6) is -1.41. The van der Waals surface area contributed by atoms with Crippen LogP contribution >= 0.6 is 11.6 Å². The van der Waals surface area contributed by atoms with E-state index in [1.807, 2.05) is 0 Å². The number of aromatic nitrogens is 2. The summed E-state index contributed by atoms with van der Waals surface area (Å²) in [7, 11) is 0. The van der Waals surface area contributed by atoms with Crippen LogP contribution in [0.5, 0.6) is 0 Å². The van der Waals surface area contributed by atoms with Crippen LogP contribution in [0, 0.1) is 5.82 Å². The SMILES string of the molecule is CCOC(=O)c1cn(-c2ccnc(NC(=O)OC(C)(C)C)c2)c2cc(F)c(Cl)cc2c1=O. The van der Waals surface area contributed by atoms with E-state index in [1.54, 1.807) is 33.8 Å². The highest BCUT2D eigenvalue weighted by molar-refractivity contribution is 6.31. The van der Waals surface area contributed by atoms with E-state index in [2.05, 4.69) is 10.3 Å². The largest absolute Gasteiger partial charge is 0.462 e. The molecule has 1 amide bonds. The molecule has 32 heavy (non-hydrogen) atoms. The molecule has 0 bridgehead atoms. The number of halogens is 2. The van der Waals surface area contributed by atoms with Gasteiger partial charge < -0.3 is 14.0 Å². The van der Waals surface area contributed by atoms with Crippen molar-refractivity contribution in [3.8, 4) is 5.69 Å². The number of nitrogens with one attached hydrogen (secondary N) is 1. The van der Waals surface area contributed by atoms with Gasteiger partial charge in [-0.25, -0.2) is 19.0 Å². The van der Waals surface area contributed by atoms with E-state index < -0.39 is 28.9 Å². The molecule has 0 saturated heterocycles. The monoisotopic (exact) mass is 461 g/mol. The van der Waals surface area contributed by atoms with Crippen molar-refractivity contribution in [2.24, 2.45) is 0 Å². The topological polar surface area (TPSA) is 99.5 Å². The number of hydrogen-bond donors (Lipinski definition) is 1. The summed E-state index contributed by atoms with van der Waals surface area (Å²) in [5.41, 5.74) is -1.04. The molecule has 0 aliphatic heterocycles. The van der Waals surface area contributed by atoms with E-state index in [1.165, 1.54) is 23.0 Å². The Kier molecular flexibility index (Phi) is 6.50. The minimum atomic E-state index is -0.824. The van der Waals surface area contributed by atoms with Crippen molar-refractivity contribution in [1.29, 1.82) is 0 Å². The molecule has 3 aromatic rings. The molecular formula is C22H21ClFN3O5. The molecule has 0 aliphatic rings. The van der Waals surface area contributed by atoms with Gasteiger partial charge in [0.15, 0.2) is 0 Å². The highest BCUT2D eigenvalue weighted by atomic mass is 35.5. The Morgan fingerprint density at radius 2 is 1.97 bits per heavy atom. The van der Waals surface area contributed by atoms with Crippen LogP contribution in [0.15, 0.2) is 41.5 Å². The van der Waals surface area contributed by atoms with Crippen LogP contribution in [0.3, 0.4) is 0 Å². The molecule has 0 atom stereocenters. The Bertz CT molecular complexity index is 1270. The molecule has 1 N–H and O–H groups in total. The van der Waals surface area contributed by atoms with E-state index in [0.29, 0.717) is 5.69 Å². The summed E-state index contributed by atoms with van der Waals surface area (Å²) in [6.45, 7) is 6.85. The number of ether oxygens (including phenoxy) is 2. The fourth-order valence-electron chi connectivity index (χ4n) is 2.93. The zero-order valence-corrected chi connectivity index (χ0v) is 18.6. The predicted molar refractivity (Wildman–Crippen MR) is 118 cm³/mol. The Morgan fingerprint density at radius 3 is 2.62 bits per heavy atom. The second-order valence-corrected chi connectivity index (χ2v) is 8.18. The first kappa shape index (κ1) is 23.2. The molecule has 2 aromatic heterocycles. The summed E-state index contributed by atoms with van der Waals surface area (Å²) in [6, 6.07) is 5.30. The van der Waals surface area contributed by atoms with Crippen molar-refractivity contribution in [3.05, 3.63) is 63.3 Å². The molecule has 0 saturated carbocycles. The van der Waals surface area contributed by atoms with Gasteiger partial charge >= 0.3 is 12.1 Å². The minimum Gasteiger partial charge on any atom is -0.462 e. The van der Waals surface area contributed by atoms with Gasteiger partial charge in [0.05, 0.1) is 22.8 Å². The Balaban J connectivity index is 2.16. The fourth-order valence-corrected chi connectivity index (χ4v) is 3.10. The van der Waals surface area contributed by atoms with Gasteiger partial charge in [-0.3, -0.25) is 10.1 Å². The molecule has 0 radical (unpaired) electrons. The van der Waals surface area contributed by atoms with Crippen molar-refractivity contribution in [1.82, 2.24) is 9.55 Å². The van der Waals surface area contributed by atoms with E-state index in [0.717, 1.165) is 12.1 Å². The van der Waals surface area contributed by atoms with Crippen molar-refractivity contribution in [3.63, 3.8) is 0 Å². The Labute approximate surface area is 187 Å². The number of amides is 1. The lowest BCUT2D eigenvalue weighted by Gasteiger charge is -2.19.